The number of benzene rings is 2. The van der Waals surface area contributed by atoms with Crippen LogP contribution in [0.3, 0.4) is 0 Å². The second-order valence-electron chi connectivity index (χ2n) is 5.89. The molecule has 0 saturated heterocycles. The molecule has 0 saturated carbocycles. The molecule has 1 atom stereocenters. The molecule has 1 unspecified atom stereocenters. The number of nitrogens with one attached hydrogen (secondary N) is 2. The molecule has 1 aliphatic rings. The predicted molar refractivity (Wildman–Crippen MR) is 99.0 cm³/mol. The molecule has 0 aliphatic carbocycles. The summed E-state index contributed by atoms with van der Waals surface area (Å²) in [7, 11) is 1.24. The van der Waals surface area contributed by atoms with Gasteiger partial charge in [-0.2, -0.15) is 0 Å². The zero-order valence-corrected chi connectivity index (χ0v) is 15.2. The van der Waals surface area contributed by atoms with Crippen molar-refractivity contribution in [3.05, 3.63) is 58.6 Å². The molecule has 7 nitrogen and oxygen atoms in total. The Hall–Kier alpha value is -3.06. The van der Waals surface area contributed by atoms with Crippen LogP contribution in [0.4, 0.5) is 5.69 Å². The number of esters is 1. The zero-order valence-electron chi connectivity index (χ0n) is 14.5. The minimum Gasteiger partial charge on any atom is -0.480 e. The minimum atomic E-state index is -0.671. The number of ether oxygens (including phenoxy) is 2. The van der Waals surface area contributed by atoms with E-state index in [1.165, 1.54) is 13.2 Å². The van der Waals surface area contributed by atoms with Crippen molar-refractivity contribution in [2.24, 2.45) is 0 Å². The summed E-state index contributed by atoms with van der Waals surface area (Å²) in [5.74, 6) is -0.688. The van der Waals surface area contributed by atoms with Crippen LogP contribution in [0.2, 0.25) is 5.02 Å². The van der Waals surface area contributed by atoms with Crippen LogP contribution in [0.25, 0.3) is 0 Å². The van der Waals surface area contributed by atoms with E-state index in [-0.39, 0.29) is 12.5 Å². The summed E-state index contributed by atoms with van der Waals surface area (Å²) in [6, 6.07) is 11.6. The van der Waals surface area contributed by atoms with Crippen molar-refractivity contribution in [1.82, 2.24) is 5.32 Å². The number of halogens is 1. The third kappa shape index (κ3) is 4.57. The number of fused-ring (bicyclic) bond motifs is 1. The Balaban J connectivity index is 1.62. The summed E-state index contributed by atoms with van der Waals surface area (Å²) in [6.07, 6.45) is -0.253. The highest BCUT2D eigenvalue weighted by molar-refractivity contribution is 6.30. The van der Waals surface area contributed by atoms with E-state index in [4.69, 9.17) is 16.3 Å². The Kier molecular flexibility index (Phi) is 5.61. The number of anilines is 1. The van der Waals surface area contributed by atoms with Crippen LogP contribution in [0.15, 0.2) is 42.5 Å². The number of rotatable bonds is 5. The Bertz CT molecular complexity index is 899. The van der Waals surface area contributed by atoms with Crippen LogP contribution in [-0.4, -0.2) is 37.5 Å². The topological polar surface area (TPSA) is 93.7 Å². The average Bonchev–Trinajstić information content (AvgIpc) is 3.09. The normalized spacial score (nSPS) is 14.7. The molecular formula is C19H17ClN2O5. The summed E-state index contributed by atoms with van der Waals surface area (Å²) in [5.41, 5.74) is 1.63. The molecule has 1 aliphatic heterocycles. The van der Waals surface area contributed by atoms with E-state index in [0.29, 0.717) is 28.4 Å². The molecule has 2 aromatic rings. The predicted octanol–water partition coefficient (Wildman–Crippen LogP) is 2.18. The first kappa shape index (κ1) is 18.7. The second kappa shape index (κ2) is 8.09. The van der Waals surface area contributed by atoms with Crippen LogP contribution in [0.1, 0.15) is 15.9 Å². The maximum atomic E-state index is 12.5. The fourth-order valence-electron chi connectivity index (χ4n) is 2.65. The van der Waals surface area contributed by atoms with Gasteiger partial charge in [0.05, 0.1) is 7.11 Å². The van der Waals surface area contributed by atoms with Gasteiger partial charge >= 0.3 is 5.97 Å². The van der Waals surface area contributed by atoms with Crippen LogP contribution in [0.5, 0.6) is 5.75 Å². The number of amides is 2. The van der Waals surface area contributed by atoms with Gasteiger partial charge < -0.3 is 20.1 Å². The second-order valence-corrected chi connectivity index (χ2v) is 6.33. The molecule has 2 amide bonds. The van der Waals surface area contributed by atoms with Gasteiger partial charge in [0.1, 0.15) is 12.3 Å². The lowest BCUT2D eigenvalue weighted by atomic mass is 10.1. The lowest BCUT2D eigenvalue weighted by molar-refractivity contribution is -0.139. The molecule has 27 heavy (non-hydrogen) atoms. The first-order valence-electron chi connectivity index (χ1n) is 8.17. The standard InChI is InChI=1S/C19H17ClN2O5/c1-26-17(23)10-21-18(24)11-3-2-4-14(8-11)22-19(25)16-9-12-7-13(20)5-6-15(12)27-16/h2-8,16H,9-10H2,1H3,(H,21,24)(H,22,25). The van der Waals surface area contributed by atoms with E-state index in [2.05, 4.69) is 15.4 Å². The summed E-state index contributed by atoms with van der Waals surface area (Å²) in [4.78, 5) is 35.6. The Labute approximate surface area is 160 Å². The number of hydrogen-bond donors (Lipinski definition) is 2. The van der Waals surface area contributed by atoms with Gasteiger partial charge in [-0.15, -0.1) is 0 Å². The molecule has 0 fully saturated rings. The SMILES string of the molecule is COC(=O)CNC(=O)c1cccc(NC(=O)C2Cc3cc(Cl)ccc3O2)c1. The Morgan fingerprint density at radius 3 is 2.81 bits per heavy atom. The number of carbonyl (C=O) groups excluding carboxylic acids is 3. The fraction of sp³-hybridized carbons (Fsp3) is 0.211. The van der Waals surface area contributed by atoms with Gasteiger partial charge in [0, 0.05) is 22.7 Å². The molecule has 2 aromatic carbocycles. The first-order chi connectivity index (χ1) is 13.0. The maximum absolute atomic E-state index is 12.5. The van der Waals surface area contributed by atoms with E-state index < -0.39 is 18.0 Å². The highest BCUT2D eigenvalue weighted by atomic mass is 35.5. The average molecular weight is 389 g/mol. The monoisotopic (exact) mass is 388 g/mol. The molecule has 8 heteroatoms. The molecule has 0 bridgehead atoms. The number of methoxy groups -OCH3 is 1. The quantitative estimate of drug-likeness (QED) is 0.766. The summed E-state index contributed by atoms with van der Waals surface area (Å²) >= 11 is 5.96. The maximum Gasteiger partial charge on any atom is 0.325 e. The van der Waals surface area contributed by atoms with Crippen molar-refractivity contribution in [1.29, 1.82) is 0 Å². The van der Waals surface area contributed by atoms with Gasteiger partial charge in [0.2, 0.25) is 0 Å². The van der Waals surface area contributed by atoms with Crippen molar-refractivity contribution in [2.75, 3.05) is 19.0 Å². The van der Waals surface area contributed by atoms with Crippen LogP contribution < -0.4 is 15.4 Å². The van der Waals surface area contributed by atoms with Gasteiger partial charge in [-0.25, -0.2) is 0 Å². The van der Waals surface area contributed by atoms with E-state index in [9.17, 15) is 14.4 Å². The van der Waals surface area contributed by atoms with Crippen molar-refractivity contribution in [3.63, 3.8) is 0 Å². The van der Waals surface area contributed by atoms with Crippen LogP contribution in [0, 0.1) is 0 Å². The number of carbonyl (C=O) groups is 3. The summed E-state index contributed by atoms with van der Waals surface area (Å²) < 4.78 is 10.1. The number of hydrogen-bond acceptors (Lipinski definition) is 5. The van der Waals surface area contributed by atoms with Crippen molar-refractivity contribution < 1.29 is 23.9 Å². The Morgan fingerprint density at radius 1 is 1.22 bits per heavy atom. The summed E-state index contributed by atoms with van der Waals surface area (Å²) in [6.45, 7) is -0.233. The molecule has 3 rings (SSSR count). The van der Waals surface area contributed by atoms with Crippen LogP contribution >= 0.6 is 11.6 Å². The highest BCUT2D eigenvalue weighted by Crippen LogP contribution is 2.31. The summed E-state index contributed by atoms with van der Waals surface area (Å²) in [5, 5.41) is 5.76. The molecule has 0 radical (unpaired) electrons. The zero-order chi connectivity index (χ0) is 19.4. The molecule has 0 spiro atoms. The Morgan fingerprint density at radius 2 is 2.04 bits per heavy atom. The van der Waals surface area contributed by atoms with Gasteiger partial charge in [-0.3, -0.25) is 14.4 Å². The third-order valence-electron chi connectivity index (χ3n) is 4.00. The molecule has 1 heterocycles. The molecule has 0 aromatic heterocycles. The van der Waals surface area contributed by atoms with E-state index in [1.54, 1.807) is 36.4 Å². The third-order valence-corrected chi connectivity index (χ3v) is 4.24. The smallest absolute Gasteiger partial charge is 0.325 e. The largest absolute Gasteiger partial charge is 0.480 e. The van der Waals surface area contributed by atoms with E-state index in [1.807, 2.05) is 0 Å². The van der Waals surface area contributed by atoms with Gasteiger partial charge in [0.15, 0.2) is 6.10 Å². The van der Waals surface area contributed by atoms with Gasteiger partial charge in [0.25, 0.3) is 11.8 Å². The van der Waals surface area contributed by atoms with Gasteiger partial charge in [-0.05, 0) is 42.0 Å². The van der Waals surface area contributed by atoms with E-state index in [0.717, 1.165) is 5.56 Å². The molecule has 140 valence electrons. The van der Waals surface area contributed by atoms with E-state index >= 15 is 0 Å². The van der Waals surface area contributed by atoms with Crippen molar-refractivity contribution >= 4 is 35.1 Å². The lowest BCUT2D eigenvalue weighted by Crippen LogP contribution is -2.32. The highest BCUT2D eigenvalue weighted by Gasteiger charge is 2.29. The van der Waals surface area contributed by atoms with Crippen molar-refractivity contribution in [2.45, 2.75) is 12.5 Å². The van der Waals surface area contributed by atoms with Crippen LogP contribution in [-0.2, 0) is 20.7 Å². The lowest BCUT2D eigenvalue weighted by Gasteiger charge is -2.12. The minimum absolute atomic E-state index is 0.233. The first-order valence-corrected chi connectivity index (χ1v) is 8.55. The fourth-order valence-corrected chi connectivity index (χ4v) is 2.85. The van der Waals surface area contributed by atoms with Gasteiger partial charge in [-0.1, -0.05) is 17.7 Å². The molecular weight excluding hydrogens is 372 g/mol. The van der Waals surface area contributed by atoms with Crippen molar-refractivity contribution in [3.8, 4) is 5.75 Å². The molecule has 2 N–H and O–H groups in total.